The van der Waals surface area contributed by atoms with E-state index in [0.29, 0.717) is 37.9 Å². The summed E-state index contributed by atoms with van der Waals surface area (Å²) >= 11 is 0. The van der Waals surface area contributed by atoms with Gasteiger partial charge < -0.3 is 19.5 Å². The molecule has 0 saturated carbocycles. The second-order valence-corrected chi connectivity index (χ2v) is 8.48. The van der Waals surface area contributed by atoms with E-state index in [2.05, 4.69) is 10.0 Å². The maximum atomic E-state index is 12.9. The molecule has 0 aliphatic carbocycles. The molecule has 0 spiro atoms. The zero-order chi connectivity index (χ0) is 20.3. The molecule has 29 heavy (non-hydrogen) atoms. The fraction of sp³-hybridized carbons (Fsp3) is 0.350. The molecule has 0 unspecified atom stereocenters. The van der Waals surface area contributed by atoms with Gasteiger partial charge >= 0.3 is 0 Å². The van der Waals surface area contributed by atoms with Crippen LogP contribution in [0, 0.1) is 0 Å². The van der Waals surface area contributed by atoms with Gasteiger partial charge in [0.1, 0.15) is 13.2 Å². The van der Waals surface area contributed by atoms with E-state index in [4.69, 9.17) is 14.2 Å². The molecule has 1 atom stereocenters. The van der Waals surface area contributed by atoms with Gasteiger partial charge in [0.2, 0.25) is 0 Å². The van der Waals surface area contributed by atoms with Crippen LogP contribution in [0.2, 0.25) is 0 Å². The molecule has 2 aliphatic heterocycles. The topological polar surface area (TPSA) is 103 Å². The van der Waals surface area contributed by atoms with Crippen LogP contribution in [0.1, 0.15) is 23.2 Å². The van der Waals surface area contributed by atoms with Gasteiger partial charge in [0, 0.05) is 19.2 Å². The number of para-hydroxylation sites is 1. The minimum absolute atomic E-state index is 0.000480. The lowest BCUT2D eigenvalue weighted by Crippen LogP contribution is -2.32. The summed E-state index contributed by atoms with van der Waals surface area (Å²) in [6, 6.07) is 10.9. The van der Waals surface area contributed by atoms with Gasteiger partial charge in [-0.3, -0.25) is 9.52 Å². The van der Waals surface area contributed by atoms with Gasteiger partial charge in [-0.25, -0.2) is 8.42 Å². The molecule has 2 aliphatic rings. The largest absolute Gasteiger partial charge is 0.486 e. The first-order valence-corrected chi connectivity index (χ1v) is 10.9. The number of hydrogen-bond acceptors (Lipinski definition) is 6. The summed E-state index contributed by atoms with van der Waals surface area (Å²) in [5.41, 5.74) is 0.443. The molecule has 1 fully saturated rings. The van der Waals surface area contributed by atoms with Crippen LogP contribution in [-0.2, 0) is 14.8 Å². The zero-order valence-corrected chi connectivity index (χ0v) is 16.5. The van der Waals surface area contributed by atoms with Crippen LogP contribution in [-0.4, -0.2) is 46.8 Å². The summed E-state index contributed by atoms with van der Waals surface area (Å²) in [5, 5.41) is 2.81. The molecule has 8 nitrogen and oxygen atoms in total. The van der Waals surface area contributed by atoms with Crippen molar-refractivity contribution in [3.8, 4) is 11.5 Å². The number of anilines is 1. The first kappa shape index (κ1) is 19.5. The summed E-state index contributed by atoms with van der Waals surface area (Å²) in [4.78, 5) is 12.6. The Morgan fingerprint density at radius 1 is 1.03 bits per heavy atom. The van der Waals surface area contributed by atoms with Crippen molar-refractivity contribution in [3.63, 3.8) is 0 Å². The first-order valence-electron chi connectivity index (χ1n) is 9.44. The lowest BCUT2D eigenvalue weighted by atomic mass is 10.1. The molecule has 154 valence electrons. The molecule has 9 heteroatoms. The average Bonchev–Trinajstić information content (AvgIpc) is 3.25. The summed E-state index contributed by atoms with van der Waals surface area (Å²) in [6.07, 6.45) is 1.88. The summed E-state index contributed by atoms with van der Waals surface area (Å²) < 4.78 is 44.6. The molecular formula is C20H22N2O6S. The highest BCUT2D eigenvalue weighted by molar-refractivity contribution is 7.92. The van der Waals surface area contributed by atoms with Crippen LogP contribution in [0.4, 0.5) is 5.69 Å². The predicted molar refractivity (Wildman–Crippen MR) is 106 cm³/mol. The van der Waals surface area contributed by atoms with Crippen molar-refractivity contribution in [3.05, 3.63) is 48.0 Å². The van der Waals surface area contributed by atoms with Crippen molar-refractivity contribution in [1.82, 2.24) is 5.32 Å². The molecular weight excluding hydrogens is 396 g/mol. The Hall–Kier alpha value is -2.78. The number of benzene rings is 2. The molecule has 0 aromatic heterocycles. The second-order valence-electron chi connectivity index (χ2n) is 6.80. The van der Waals surface area contributed by atoms with Gasteiger partial charge in [0.25, 0.3) is 15.9 Å². The van der Waals surface area contributed by atoms with Crippen LogP contribution in [0.25, 0.3) is 0 Å². The van der Waals surface area contributed by atoms with Gasteiger partial charge in [-0.15, -0.1) is 0 Å². The van der Waals surface area contributed by atoms with E-state index < -0.39 is 10.0 Å². The van der Waals surface area contributed by atoms with E-state index in [1.54, 1.807) is 30.3 Å². The van der Waals surface area contributed by atoms with E-state index in [-0.39, 0.29) is 28.2 Å². The number of sulfonamides is 1. The monoisotopic (exact) mass is 418 g/mol. The highest BCUT2D eigenvalue weighted by atomic mass is 32.2. The van der Waals surface area contributed by atoms with Crippen molar-refractivity contribution in [2.45, 2.75) is 23.8 Å². The van der Waals surface area contributed by atoms with E-state index in [1.165, 1.54) is 12.1 Å². The molecule has 1 amide bonds. The number of amides is 1. The van der Waals surface area contributed by atoms with Crippen molar-refractivity contribution < 1.29 is 27.4 Å². The van der Waals surface area contributed by atoms with Gasteiger partial charge in [0.05, 0.1) is 22.3 Å². The lowest BCUT2D eigenvalue weighted by Gasteiger charge is -2.19. The molecule has 4 rings (SSSR count). The smallest absolute Gasteiger partial charge is 0.262 e. The van der Waals surface area contributed by atoms with E-state index in [1.807, 2.05) is 0 Å². The fourth-order valence-corrected chi connectivity index (χ4v) is 4.37. The third-order valence-corrected chi connectivity index (χ3v) is 6.12. The van der Waals surface area contributed by atoms with Crippen LogP contribution >= 0.6 is 0 Å². The van der Waals surface area contributed by atoms with Crippen LogP contribution in [0.5, 0.6) is 11.5 Å². The first-order chi connectivity index (χ1) is 14.0. The van der Waals surface area contributed by atoms with Gasteiger partial charge in [-0.05, 0) is 37.1 Å². The molecule has 1 saturated heterocycles. The van der Waals surface area contributed by atoms with E-state index in [9.17, 15) is 13.2 Å². The van der Waals surface area contributed by atoms with Gasteiger partial charge in [0.15, 0.2) is 11.5 Å². The Labute approximate surface area is 169 Å². The standard InChI is InChI=1S/C20H22N2O6S/c23-20(21-13-14-4-3-9-26-14)16-5-1-2-6-17(16)22-29(24,25)15-7-8-18-19(12-15)28-11-10-27-18/h1-2,5-8,12,14,22H,3-4,9-11,13H2,(H,21,23)/t14-/m0/s1. The Bertz CT molecular complexity index is 1000. The van der Waals surface area contributed by atoms with Gasteiger partial charge in [-0.2, -0.15) is 0 Å². The number of fused-ring (bicyclic) bond motifs is 1. The third kappa shape index (κ3) is 4.46. The van der Waals surface area contributed by atoms with Crippen molar-refractivity contribution in [2.75, 3.05) is 31.1 Å². The molecule has 2 aromatic rings. The molecule has 2 aromatic carbocycles. The Balaban J connectivity index is 1.52. The van der Waals surface area contributed by atoms with E-state index in [0.717, 1.165) is 12.8 Å². The lowest BCUT2D eigenvalue weighted by molar-refractivity contribution is 0.0858. The quantitative estimate of drug-likeness (QED) is 0.745. The second kappa shape index (κ2) is 8.30. The normalized spacial score (nSPS) is 18.3. The average molecular weight is 418 g/mol. The zero-order valence-electron chi connectivity index (χ0n) is 15.7. The van der Waals surface area contributed by atoms with Crippen molar-refractivity contribution in [2.24, 2.45) is 0 Å². The molecule has 2 N–H and O–H groups in total. The SMILES string of the molecule is O=C(NC[C@@H]1CCCO1)c1ccccc1NS(=O)(=O)c1ccc2c(c1)OCCO2. The molecule has 2 heterocycles. The number of carbonyl (C=O) groups excluding carboxylic acids is 1. The number of ether oxygens (including phenoxy) is 3. The van der Waals surface area contributed by atoms with Crippen molar-refractivity contribution >= 4 is 21.6 Å². The number of rotatable bonds is 6. The summed E-state index contributed by atoms with van der Waals surface area (Å²) in [6.45, 7) is 1.87. The maximum absolute atomic E-state index is 12.9. The van der Waals surface area contributed by atoms with Crippen LogP contribution < -0.4 is 19.5 Å². The summed E-state index contributed by atoms with van der Waals surface area (Å²) in [7, 11) is -3.92. The Morgan fingerprint density at radius 2 is 1.83 bits per heavy atom. The Morgan fingerprint density at radius 3 is 2.62 bits per heavy atom. The highest BCUT2D eigenvalue weighted by Crippen LogP contribution is 2.33. The third-order valence-electron chi connectivity index (χ3n) is 4.75. The number of hydrogen-bond donors (Lipinski definition) is 2. The summed E-state index contributed by atoms with van der Waals surface area (Å²) in [5.74, 6) is 0.520. The Kier molecular flexibility index (Phi) is 5.59. The number of carbonyl (C=O) groups is 1. The van der Waals surface area contributed by atoms with Crippen LogP contribution in [0.3, 0.4) is 0 Å². The minimum Gasteiger partial charge on any atom is -0.486 e. The van der Waals surface area contributed by atoms with Crippen molar-refractivity contribution in [1.29, 1.82) is 0 Å². The van der Waals surface area contributed by atoms with E-state index >= 15 is 0 Å². The molecule has 0 bridgehead atoms. The number of nitrogens with one attached hydrogen (secondary N) is 2. The predicted octanol–water partition coefficient (Wildman–Crippen LogP) is 2.17. The van der Waals surface area contributed by atoms with Gasteiger partial charge in [-0.1, -0.05) is 12.1 Å². The van der Waals surface area contributed by atoms with Crippen LogP contribution in [0.15, 0.2) is 47.4 Å². The highest BCUT2D eigenvalue weighted by Gasteiger charge is 2.22. The minimum atomic E-state index is -3.92. The fourth-order valence-electron chi connectivity index (χ4n) is 3.27. The maximum Gasteiger partial charge on any atom is 0.262 e. The molecule has 0 radical (unpaired) electrons.